The SMILES string of the molecule is Cc1ccnc(NS(=O)(=O)c2ccc(F)cc2Br)c1. The maximum absolute atomic E-state index is 13.0. The van der Waals surface area contributed by atoms with Gasteiger partial charge in [0.15, 0.2) is 0 Å². The number of aromatic nitrogens is 1. The Balaban J connectivity index is 2.38. The standard InChI is InChI=1S/C12H10BrFN2O2S/c1-8-4-5-15-12(6-8)16-19(17,18)11-3-2-9(14)7-10(11)13/h2-7H,1H3,(H,15,16). The molecule has 0 bridgehead atoms. The highest BCUT2D eigenvalue weighted by Crippen LogP contribution is 2.24. The first kappa shape index (κ1) is 14.0. The fourth-order valence-electron chi connectivity index (χ4n) is 1.48. The molecule has 0 atom stereocenters. The lowest BCUT2D eigenvalue weighted by atomic mass is 10.3. The third kappa shape index (κ3) is 3.30. The van der Waals surface area contributed by atoms with Crippen LogP contribution in [-0.4, -0.2) is 13.4 Å². The molecule has 0 spiro atoms. The van der Waals surface area contributed by atoms with Crippen molar-refractivity contribution < 1.29 is 12.8 Å². The third-order valence-corrected chi connectivity index (χ3v) is 4.67. The Hall–Kier alpha value is -1.47. The van der Waals surface area contributed by atoms with Gasteiger partial charge < -0.3 is 0 Å². The summed E-state index contributed by atoms with van der Waals surface area (Å²) in [6, 6.07) is 6.74. The van der Waals surface area contributed by atoms with Gasteiger partial charge in [-0.2, -0.15) is 0 Å². The first-order valence-corrected chi connectivity index (χ1v) is 7.56. The summed E-state index contributed by atoms with van der Waals surface area (Å²) in [7, 11) is -3.80. The van der Waals surface area contributed by atoms with E-state index in [0.29, 0.717) is 0 Å². The van der Waals surface area contributed by atoms with Gasteiger partial charge in [-0.3, -0.25) is 4.72 Å². The zero-order valence-corrected chi connectivity index (χ0v) is 12.3. The molecule has 1 aromatic heterocycles. The van der Waals surface area contributed by atoms with Crippen LogP contribution < -0.4 is 4.72 Å². The van der Waals surface area contributed by atoms with Crippen molar-refractivity contribution in [3.05, 3.63) is 52.4 Å². The first-order chi connectivity index (χ1) is 8.88. The largest absolute Gasteiger partial charge is 0.264 e. The Morgan fingerprint density at radius 3 is 2.63 bits per heavy atom. The Morgan fingerprint density at radius 1 is 1.26 bits per heavy atom. The van der Waals surface area contributed by atoms with Crippen LogP contribution in [0.4, 0.5) is 10.2 Å². The number of nitrogens with zero attached hydrogens (tertiary/aromatic N) is 1. The summed E-state index contributed by atoms with van der Waals surface area (Å²) in [5.41, 5.74) is 0.880. The van der Waals surface area contributed by atoms with E-state index >= 15 is 0 Å². The van der Waals surface area contributed by atoms with Gasteiger partial charge in [-0.1, -0.05) is 0 Å². The van der Waals surface area contributed by atoms with E-state index in [1.165, 1.54) is 12.3 Å². The molecule has 0 aliphatic heterocycles. The normalized spacial score (nSPS) is 11.3. The third-order valence-electron chi connectivity index (χ3n) is 2.34. The zero-order chi connectivity index (χ0) is 14.0. The lowest BCUT2D eigenvalue weighted by molar-refractivity contribution is 0.598. The average molecular weight is 345 g/mol. The molecule has 4 nitrogen and oxygen atoms in total. The Bertz CT molecular complexity index is 719. The van der Waals surface area contributed by atoms with Crippen molar-refractivity contribution in [2.24, 2.45) is 0 Å². The predicted molar refractivity (Wildman–Crippen MR) is 73.9 cm³/mol. The van der Waals surface area contributed by atoms with Crippen molar-refractivity contribution in [1.82, 2.24) is 4.98 Å². The van der Waals surface area contributed by atoms with E-state index in [2.05, 4.69) is 25.6 Å². The molecule has 0 aliphatic carbocycles. The second kappa shape index (κ2) is 5.26. The van der Waals surface area contributed by atoms with Crippen LogP contribution in [0.5, 0.6) is 0 Å². The maximum atomic E-state index is 13.0. The highest BCUT2D eigenvalue weighted by molar-refractivity contribution is 9.10. The van der Waals surface area contributed by atoms with Gasteiger partial charge in [-0.25, -0.2) is 17.8 Å². The molecular weight excluding hydrogens is 335 g/mol. The Kier molecular flexibility index (Phi) is 3.86. The minimum atomic E-state index is -3.80. The number of anilines is 1. The van der Waals surface area contributed by atoms with Crippen LogP contribution >= 0.6 is 15.9 Å². The summed E-state index contributed by atoms with van der Waals surface area (Å²) in [6.07, 6.45) is 1.51. The number of halogens is 2. The van der Waals surface area contributed by atoms with Crippen LogP contribution in [0, 0.1) is 12.7 Å². The van der Waals surface area contributed by atoms with Gasteiger partial charge in [0.25, 0.3) is 10.0 Å². The van der Waals surface area contributed by atoms with Crippen LogP contribution in [-0.2, 0) is 10.0 Å². The fraction of sp³-hybridized carbons (Fsp3) is 0.0833. The van der Waals surface area contributed by atoms with Crippen molar-refractivity contribution >= 4 is 31.8 Å². The van der Waals surface area contributed by atoms with Gasteiger partial charge >= 0.3 is 0 Å². The van der Waals surface area contributed by atoms with Crippen molar-refractivity contribution in [2.75, 3.05) is 4.72 Å². The highest BCUT2D eigenvalue weighted by atomic mass is 79.9. The summed E-state index contributed by atoms with van der Waals surface area (Å²) < 4.78 is 39.7. The number of benzene rings is 1. The number of hydrogen-bond donors (Lipinski definition) is 1. The molecule has 0 amide bonds. The van der Waals surface area contributed by atoms with Gasteiger partial charge in [0.1, 0.15) is 16.5 Å². The Morgan fingerprint density at radius 2 is 2.00 bits per heavy atom. The average Bonchev–Trinajstić information content (AvgIpc) is 2.27. The smallest absolute Gasteiger partial charge is 0.263 e. The number of aryl methyl sites for hydroxylation is 1. The lowest BCUT2D eigenvalue weighted by Crippen LogP contribution is -2.14. The number of nitrogens with one attached hydrogen (secondary N) is 1. The lowest BCUT2D eigenvalue weighted by Gasteiger charge is -2.09. The summed E-state index contributed by atoms with van der Waals surface area (Å²) >= 11 is 3.03. The van der Waals surface area contributed by atoms with Crippen LogP contribution in [0.2, 0.25) is 0 Å². The second-order valence-corrected chi connectivity index (χ2v) is 6.40. The molecule has 0 unspecified atom stereocenters. The predicted octanol–water partition coefficient (Wildman–Crippen LogP) is 3.09. The van der Waals surface area contributed by atoms with Crippen LogP contribution in [0.25, 0.3) is 0 Å². The zero-order valence-electron chi connectivity index (χ0n) is 9.89. The molecule has 2 rings (SSSR count). The van der Waals surface area contributed by atoms with Gasteiger partial charge in [-0.15, -0.1) is 0 Å². The van der Waals surface area contributed by atoms with Crippen molar-refractivity contribution in [3.63, 3.8) is 0 Å². The van der Waals surface area contributed by atoms with Crippen LogP contribution in [0.15, 0.2) is 45.9 Å². The summed E-state index contributed by atoms with van der Waals surface area (Å²) in [5, 5.41) is 0. The molecule has 1 aromatic carbocycles. The number of sulfonamides is 1. The van der Waals surface area contributed by atoms with Gasteiger partial charge in [0.05, 0.1) is 0 Å². The molecule has 0 saturated carbocycles. The van der Waals surface area contributed by atoms with Gasteiger partial charge in [0.2, 0.25) is 0 Å². The molecular formula is C12H10BrFN2O2S. The quantitative estimate of drug-likeness (QED) is 0.930. The summed E-state index contributed by atoms with van der Waals surface area (Å²) in [4.78, 5) is 3.87. The van der Waals surface area contributed by atoms with Crippen molar-refractivity contribution in [1.29, 1.82) is 0 Å². The van der Waals surface area contributed by atoms with Crippen LogP contribution in [0.1, 0.15) is 5.56 Å². The maximum Gasteiger partial charge on any atom is 0.264 e. The Labute approximate surface area is 118 Å². The molecule has 7 heteroatoms. The highest BCUT2D eigenvalue weighted by Gasteiger charge is 2.18. The van der Waals surface area contributed by atoms with Crippen LogP contribution in [0.3, 0.4) is 0 Å². The van der Waals surface area contributed by atoms with Crippen molar-refractivity contribution in [3.8, 4) is 0 Å². The molecule has 0 fully saturated rings. The topological polar surface area (TPSA) is 59.1 Å². The molecule has 1 N–H and O–H groups in total. The molecule has 100 valence electrons. The van der Waals surface area contributed by atoms with Gasteiger partial charge in [0, 0.05) is 10.7 Å². The minimum absolute atomic E-state index is 0.0443. The van der Waals surface area contributed by atoms with E-state index < -0.39 is 15.8 Å². The number of hydrogen-bond acceptors (Lipinski definition) is 3. The summed E-state index contributed by atoms with van der Waals surface area (Å²) in [6.45, 7) is 1.83. The van der Waals surface area contributed by atoms with E-state index in [1.54, 1.807) is 12.1 Å². The van der Waals surface area contributed by atoms with E-state index in [0.717, 1.165) is 17.7 Å². The minimum Gasteiger partial charge on any atom is -0.263 e. The fourth-order valence-corrected chi connectivity index (χ4v) is 3.53. The molecule has 0 aliphatic rings. The van der Waals surface area contributed by atoms with E-state index in [1.807, 2.05) is 6.92 Å². The van der Waals surface area contributed by atoms with Crippen molar-refractivity contribution in [2.45, 2.75) is 11.8 Å². The molecule has 2 aromatic rings. The molecule has 19 heavy (non-hydrogen) atoms. The first-order valence-electron chi connectivity index (χ1n) is 5.29. The second-order valence-electron chi connectivity index (χ2n) is 3.90. The van der Waals surface area contributed by atoms with E-state index in [4.69, 9.17) is 0 Å². The van der Waals surface area contributed by atoms with E-state index in [-0.39, 0.29) is 15.2 Å². The van der Waals surface area contributed by atoms with Gasteiger partial charge in [-0.05, 0) is 58.7 Å². The van der Waals surface area contributed by atoms with E-state index in [9.17, 15) is 12.8 Å². The molecule has 0 saturated heterocycles. The molecule has 1 heterocycles. The number of rotatable bonds is 3. The number of pyridine rings is 1. The summed E-state index contributed by atoms with van der Waals surface area (Å²) in [5.74, 6) is -0.296. The monoisotopic (exact) mass is 344 g/mol. The molecule has 0 radical (unpaired) electrons.